The Balaban J connectivity index is 2.06. The molecule has 102 valence electrons. The molecular weight excluding hydrogens is 304 g/mol. The Kier molecular flexibility index (Phi) is 4.98. The number of aliphatic hydroxyl groups is 1. The van der Waals surface area contributed by atoms with Crippen molar-refractivity contribution in [1.82, 2.24) is 4.90 Å². The molecule has 3 nitrogen and oxygen atoms in total. The minimum atomic E-state index is -0.241. The standard InChI is InChI=1S/C15H19BrN2O/c1-11(19)7-14-3-2-6-18(14)10-13-5-4-12(9-17)8-15(13)16/h4-5,8,11,14,19H,2-3,6-7,10H2,1H3. The van der Waals surface area contributed by atoms with Crippen molar-refractivity contribution in [2.45, 2.75) is 44.9 Å². The quantitative estimate of drug-likeness (QED) is 0.926. The number of hydrogen-bond donors (Lipinski definition) is 1. The number of nitriles is 1. The fourth-order valence-electron chi connectivity index (χ4n) is 2.73. The van der Waals surface area contributed by atoms with Gasteiger partial charge in [-0.2, -0.15) is 5.26 Å². The molecule has 1 aliphatic rings. The van der Waals surface area contributed by atoms with Crippen LogP contribution in [0.2, 0.25) is 0 Å². The van der Waals surface area contributed by atoms with Crippen LogP contribution < -0.4 is 0 Å². The van der Waals surface area contributed by atoms with Crippen LogP contribution >= 0.6 is 15.9 Å². The van der Waals surface area contributed by atoms with E-state index in [2.05, 4.69) is 26.9 Å². The number of halogens is 1. The largest absolute Gasteiger partial charge is 0.393 e. The van der Waals surface area contributed by atoms with Crippen molar-refractivity contribution in [3.63, 3.8) is 0 Å². The lowest BCUT2D eigenvalue weighted by molar-refractivity contribution is 0.130. The van der Waals surface area contributed by atoms with Gasteiger partial charge in [-0.05, 0) is 50.4 Å². The van der Waals surface area contributed by atoms with Gasteiger partial charge in [0.15, 0.2) is 0 Å². The average molecular weight is 323 g/mol. The monoisotopic (exact) mass is 322 g/mol. The van der Waals surface area contributed by atoms with E-state index in [1.165, 1.54) is 18.4 Å². The number of nitrogens with zero attached hydrogens (tertiary/aromatic N) is 2. The zero-order chi connectivity index (χ0) is 13.8. The van der Waals surface area contributed by atoms with E-state index in [0.29, 0.717) is 11.6 Å². The lowest BCUT2D eigenvalue weighted by atomic mass is 10.1. The SMILES string of the molecule is CC(O)CC1CCCN1Cc1ccc(C#N)cc1Br. The highest BCUT2D eigenvalue weighted by Crippen LogP contribution is 2.26. The third kappa shape index (κ3) is 3.79. The third-order valence-electron chi connectivity index (χ3n) is 3.67. The van der Waals surface area contributed by atoms with Crippen molar-refractivity contribution in [2.75, 3.05) is 6.54 Å². The molecule has 2 rings (SSSR count). The molecule has 1 N–H and O–H groups in total. The molecule has 0 bridgehead atoms. The van der Waals surface area contributed by atoms with E-state index in [1.54, 1.807) is 0 Å². The molecule has 19 heavy (non-hydrogen) atoms. The van der Waals surface area contributed by atoms with Gasteiger partial charge in [0.05, 0.1) is 17.7 Å². The zero-order valence-corrected chi connectivity index (χ0v) is 12.7. The molecule has 1 fully saturated rings. The van der Waals surface area contributed by atoms with Crippen LogP contribution in [0.1, 0.15) is 37.3 Å². The predicted octanol–water partition coefficient (Wildman–Crippen LogP) is 3.06. The molecule has 1 aliphatic heterocycles. The van der Waals surface area contributed by atoms with Gasteiger partial charge in [0.25, 0.3) is 0 Å². The molecule has 0 saturated carbocycles. The first-order chi connectivity index (χ1) is 9.10. The minimum Gasteiger partial charge on any atom is -0.393 e. The van der Waals surface area contributed by atoms with Crippen LogP contribution in [0.15, 0.2) is 22.7 Å². The summed E-state index contributed by atoms with van der Waals surface area (Å²) in [4.78, 5) is 2.43. The fourth-order valence-corrected chi connectivity index (χ4v) is 3.23. The Labute approximate surface area is 123 Å². The van der Waals surface area contributed by atoms with Crippen LogP contribution in [-0.2, 0) is 6.54 Å². The van der Waals surface area contributed by atoms with Crippen LogP contribution in [0.3, 0.4) is 0 Å². The summed E-state index contributed by atoms with van der Waals surface area (Å²) in [5.74, 6) is 0. The first-order valence-corrected chi connectivity index (χ1v) is 7.50. The first-order valence-electron chi connectivity index (χ1n) is 6.71. The topological polar surface area (TPSA) is 47.3 Å². The molecule has 0 spiro atoms. The lowest BCUT2D eigenvalue weighted by Crippen LogP contribution is -2.31. The molecule has 0 aromatic heterocycles. The summed E-state index contributed by atoms with van der Waals surface area (Å²) in [5.41, 5.74) is 1.88. The summed E-state index contributed by atoms with van der Waals surface area (Å²) in [6.07, 6.45) is 2.97. The minimum absolute atomic E-state index is 0.241. The highest BCUT2D eigenvalue weighted by Gasteiger charge is 2.25. The molecule has 4 heteroatoms. The van der Waals surface area contributed by atoms with Crippen molar-refractivity contribution < 1.29 is 5.11 Å². The number of likely N-dealkylation sites (tertiary alicyclic amines) is 1. The van der Waals surface area contributed by atoms with Gasteiger partial charge in [-0.3, -0.25) is 4.90 Å². The fraction of sp³-hybridized carbons (Fsp3) is 0.533. The van der Waals surface area contributed by atoms with E-state index >= 15 is 0 Å². The van der Waals surface area contributed by atoms with Crippen LogP contribution in [-0.4, -0.2) is 28.7 Å². The van der Waals surface area contributed by atoms with Gasteiger partial charge < -0.3 is 5.11 Å². The van der Waals surface area contributed by atoms with Gasteiger partial charge in [0, 0.05) is 17.1 Å². The maximum atomic E-state index is 9.55. The van der Waals surface area contributed by atoms with Gasteiger partial charge in [-0.1, -0.05) is 22.0 Å². The highest BCUT2D eigenvalue weighted by atomic mass is 79.9. The first kappa shape index (κ1) is 14.5. The summed E-state index contributed by atoms with van der Waals surface area (Å²) in [6.45, 7) is 3.82. The smallest absolute Gasteiger partial charge is 0.0992 e. The molecule has 1 aromatic carbocycles. The molecule has 1 aromatic rings. The maximum absolute atomic E-state index is 9.55. The second kappa shape index (κ2) is 6.51. The number of benzene rings is 1. The Bertz CT molecular complexity index is 482. The summed E-state index contributed by atoms with van der Waals surface area (Å²) in [6, 6.07) is 8.37. The average Bonchev–Trinajstić information content (AvgIpc) is 2.78. The van der Waals surface area contributed by atoms with Gasteiger partial charge >= 0.3 is 0 Å². The van der Waals surface area contributed by atoms with E-state index in [9.17, 15) is 5.11 Å². The van der Waals surface area contributed by atoms with Crippen LogP contribution in [0, 0.1) is 11.3 Å². The molecule has 1 heterocycles. The van der Waals surface area contributed by atoms with E-state index in [1.807, 2.05) is 25.1 Å². The summed E-state index contributed by atoms with van der Waals surface area (Å²) >= 11 is 3.54. The van der Waals surface area contributed by atoms with E-state index in [4.69, 9.17) is 5.26 Å². The zero-order valence-electron chi connectivity index (χ0n) is 11.1. The van der Waals surface area contributed by atoms with Crippen molar-refractivity contribution >= 4 is 15.9 Å². The molecule has 2 atom stereocenters. The molecule has 0 amide bonds. The van der Waals surface area contributed by atoms with Crippen LogP contribution in [0.4, 0.5) is 0 Å². The van der Waals surface area contributed by atoms with Gasteiger partial charge in [0.1, 0.15) is 0 Å². The Morgan fingerprint density at radius 2 is 2.37 bits per heavy atom. The maximum Gasteiger partial charge on any atom is 0.0992 e. The van der Waals surface area contributed by atoms with E-state index in [-0.39, 0.29) is 6.10 Å². The van der Waals surface area contributed by atoms with E-state index in [0.717, 1.165) is 24.0 Å². The number of hydrogen-bond acceptors (Lipinski definition) is 3. The second-order valence-corrected chi connectivity index (χ2v) is 6.12. The summed E-state index contributed by atoms with van der Waals surface area (Å²) in [7, 11) is 0. The Morgan fingerprint density at radius 3 is 3.00 bits per heavy atom. The lowest BCUT2D eigenvalue weighted by Gasteiger charge is -2.26. The normalized spacial score (nSPS) is 21.3. The second-order valence-electron chi connectivity index (χ2n) is 5.27. The van der Waals surface area contributed by atoms with E-state index < -0.39 is 0 Å². The Morgan fingerprint density at radius 1 is 1.58 bits per heavy atom. The van der Waals surface area contributed by atoms with Crippen LogP contribution in [0.5, 0.6) is 0 Å². The van der Waals surface area contributed by atoms with Gasteiger partial charge in [-0.15, -0.1) is 0 Å². The van der Waals surface area contributed by atoms with Crippen molar-refractivity contribution in [3.8, 4) is 6.07 Å². The third-order valence-corrected chi connectivity index (χ3v) is 4.41. The van der Waals surface area contributed by atoms with Crippen molar-refractivity contribution in [3.05, 3.63) is 33.8 Å². The molecule has 0 radical (unpaired) electrons. The number of aliphatic hydroxyl groups excluding tert-OH is 1. The molecule has 1 saturated heterocycles. The molecular formula is C15H19BrN2O. The predicted molar refractivity (Wildman–Crippen MR) is 78.6 cm³/mol. The number of rotatable bonds is 4. The highest BCUT2D eigenvalue weighted by molar-refractivity contribution is 9.10. The van der Waals surface area contributed by atoms with Crippen LogP contribution in [0.25, 0.3) is 0 Å². The van der Waals surface area contributed by atoms with Gasteiger partial charge in [-0.25, -0.2) is 0 Å². The summed E-state index contributed by atoms with van der Waals surface area (Å²) in [5, 5.41) is 18.4. The van der Waals surface area contributed by atoms with Crippen molar-refractivity contribution in [2.24, 2.45) is 0 Å². The summed E-state index contributed by atoms with van der Waals surface area (Å²) < 4.78 is 0.995. The Hall–Kier alpha value is -0.890. The molecule has 0 aliphatic carbocycles. The van der Waals surface area contributed by atoms with Crippen molar-refractivity contribution in [1.29, 1.82) is 5.26 Å². The molecule has 2 unspecified atom stereocenters. The van der Waals surface area contributed by atoms with Gasteiger partial charge in [0.2, 0.25) is 0 Å².